The molecule has 1 aromatic heterocycles. The van der Waals surface area contributed by atoms with E-state index in [0.29, 0.717) is 18.4 Å². The lowest BCUT2D eigenvalue weighted by atomic mass is 10.2. The summed E-state index contributed by atoms with van der Waals surface area (Å²) < 4.78 is 6.89. The number of rotatable bonds is 4. The van der Waals surface area contributed by atoms with Crippen molar-refractivity contribution in [2.75, 3.05) is 7.11 Å². The average molecular weight is 219 g/mol. The van der Waals surface area contributed by atoms with Crippen molar-refractivity contribution in [1.29, 1.82) is 5.41 Å². The molecular formula is C12H17N3O. The third-order valence-electron chi connectivity index (χ3n) is 3.36. The summed E-state index contributed by atoms with van der Waals surface area (Å²) in [6, 6.07) is 2.25. The normalized spacial score (nSPS) is 19.8. The summed E-state index contributed by atoms with van der Waals surface area (Å²) in [4.78, 5) is 0. The molecule has 4 heteroatoms. The largest absolute Gasteiger partial charge is 0.483 e. The molecule has 0 atom stereocenters. The summed E-state index contributed by atoms with van der Waals surface area (Å²) >= 11 is 0. The summed E-state index contributed by atoms with van der Waals surface area (Å²) in [6.07, 6.45) is 5.11. The van der Waals surface area contributed by atoms with Crippen molar-refractivity contribution >= 4 is 5.90 Å². The number of nitrogens with zero attached hydrogens (tertiary/aromatic N) is 2. The van der Waals surface area contributed by atoms with Crippen LogP contribution in [0.3, 0.4) is 0 Å². The van der Waals surface area contributed by atoms with Crippen molar-refractivity contribution in [3.05, 3.63) is 17.5 Å². The molecule has 1 heterocycles. The van der Waals surface area contributed by atoms with Crippen molar-refractivity contribution in [1.82, 2.24) is 9.78 Å². The molecule has 0 spiro atoms. The number of methoxy groups -OCH3 is 1. The maximum atomic E-state index is 7.58. The van der Waals surface area contributed by atoms with E-state index in [2.05, 4.69) is 11.2 Å². The van der Waals surface area contributed by atoms with Crippen LogP contribution in [0.2, 0.25) is 0 Å². The molecule has 0 amide bonds. The number of ether oxygens (including phenoxy) is 1. The van der Waals surface area contributed by atoms with Crippen molar-refractivity contribution in [2.24, 2.45) is 0 Å². The number of hydrogen-bond donors (Lipinski definition) is 1. The first kappa shape index (κ1) is 9.87. The van der Waals surface area contributed by atoms with Gasteiger partial charge in [0.25, 0.3) is 0 Å². The van der Waals surface area contributed by atoms with Gasteiger partial charge in [0.1, 0.15) is 6.54 Å². The fraction of sp³-hybridized carbons (Fsp3) is 0.667. The van der Waals surface area contributed by atoms with Gasteiger partial charge in [-0.2, -0.15) is 5.10 Å². The van der Waals surface area contributed by atoms with Crippen molar-refractivity contribution in [3.63, 3.8) is 0 Å². The van der Waals surface area contributed by atoms with Crippen LogP contribution in [0.15, 0.2) is 6.07 Å². The molecule has 0 aliphatic heterocycles. The van der Waals surface area contributed by atoms with E-state index in [4.69, 9.17) is 10.1 Å². The summed E-state index contributed by atoms with van der Waals surface area (Å²) in [5.41, 5.74) is 2.54. The Balaban J connectivity index is 1.85. The number of hydrogen-bond acceptors (Lipinski definition) is 3. The zero-order valence-electron chi connectivity index (χ0n) is 9.57. The fourth-order valence-electron chi connectivity index (χ4n) is 2.07. The second-order valence-corrected chi connectivity index (χ2v) is 4.83. The molecule has 3 rings (SSSR count). The molecule has 86 valence electrons. The maximum absolute atomic E-state index is 7.58. The minimum absolute atomic E-state index is 0.285. The highest BCUT2D eigenvalue weighted by atomic mass is 16.5. The second kappa shape index (κ2) is 3.61. The molecule has 2 aliphatic carbocycles. The maximum Gasteiger partial charge on any atom is 0.202 e. The smallest absolute Gasteiger partial charge is 0.202 e. The molecule has 0 saturated heterocycles. The zero-order valence-corrected chi connectivity index (χ0v) is 9.57. The van der Waals surface area contributed by atoms with Crippen LogP contribution in [-0.2, 0) is 11.3 Å². The molecule has 2 aliphatic rings. The van der Waals surface area contributed by atoms with Crippen molar-refractivity contribution < 1.29 is 4.74 Å². The minimum Gasteiger partial charge on any atom is -0.483 e. The van der Waals surface area contributed by atoms with E-state index in [-0.39, 0.29) is 5.90 Å². The Morgan fingerprint density at radius 2 is 2.12 bits per heavy atom. The quantitative estimate of drug-likeness (QED) is 0.623. The number of nitrogens with one attached hydrogen (secondary N) is 1. The summed E-state index contributed by atoms with van der Waals surface area (Å²) in [5.74, 6) is 1.66. The third kappa shape index (κ3) is 1.84. The van der Waals surface area contributed by atoms with Crippen LogP contribution < -0.4 is 0 Å². The minimum atomic E-state index is 0.285. The van der Waals surface area contributed by atoms with Gasteiger partial charge in [0.2, 0.25) is 5.90 Å². The summed E-state index contributed by atoms with van der Waals surface area (Å²) in [6.45, 7) is 0.481. The topological polar surface area (TPSA) is 50.9 Å². The van der Waals surface area contributed by atoms with Crippen molar-refractivity contribution in [2.45, 2.75) is 44.1 Å². The van der Waals surface area contributed by atoms with Crippen LogP contribution in [0.1, 0.15) is 48.9 Å². The van der Waals surface area contributed by atoms with Crippen LogP contribution in [-0.4, -0.2) is 22.8 Å². The Labute approximate surface area is 95.1 Å². The lowest BCUT2D eigenvalue weighted by molar-refractivity contribution is 0.376. The van der Waals surface area contributed by atoms with Gasteiger partial charge in [0, 0.05) is 17.5 Å². The lowest BCUT2D eigenvalue weighted by Crippen LogP contribution is -2.14. The van der Waals surface area contributed by atoms with Gasteiger partial charge in [-0.15, -0.1) is 0 Å². The first-order chi connectivity index (χ1) is 7.78. The second-order valence-electron chi connectivity index (χ2n) is 4.83. The Hall–Kier alpha value is -1.32. The van der Waals surface area contributed by atoms with Gasteiger partial charge in [-0.25, -0.2) is 0 Å². The molecule has 0 radical (unpaired) electrons. The summed E-state index contributed by atoms with van der Waals surface area (Å²) in [5, 5.41) is 12.2. The predicted octanol–water partition coefficient (Wildman–Crippen LogP) is 2.26. The monoisotopic (exact) mass is 219 g/mol. The van der Waals surface area contributed by atoms with Gasteiger partial charge in [-0.05, 0) is 31.7 Å². The van der Waals surface area contributed by atoms with Gasteiger partial charge < -0.3 is 4.74 Å². The molecule has 0 aromatic carbocycles. The molecule has 1 N–H and O–H groups in total. The van der Waals surface area contributed by atoms with Gasteiger partial charge in [-0.1, -0.05) is 0 Å². The van der Waals surface area contributed by atoms with Crippen LogP contribution >= 0.6 is 0 Å². The van der Waals surface area contributed by atoms with Gasteiger partial charge in [-0.3, -0.25) is 10.1 Å². The lowest BCUT2D eigenvalue weighted by Gasteiger charge is -2.06. The van der Waals surface area contributed by atoms with E-state index in [1.807, 2.05) is 4.68 Å². The van der Waals surface area contributed by atoms with Crippen LogP contribution in [0.25, 0.3) is 0 Å². The molecule has 1 aromatic rings. The SMILES string of the molecule is COC(=N)Cn1nc(C2CC2)cc1C1CC1. The Bertz CT molecular complexity index is 416. The highest BCUT2D eigenvalue weighted by Gasteiger charge is 2.32. The number of aromatic nitrogens is 2. The molecule has 2 saturated carbocycles. The van der Waals surface area contributed by atoms with Crippen LogP contribution in [0.5, 0.6) is 0 Å². The Morgan fingerprint density at radius 3 is 2.69 bits per heavy atom. The molecule has 4 nitrogen and oxygen atoms in total. The first-order valence-corrected chi connectivity index (χ1v) is 5.97. The third-order valence-corrected chi connectivity index (χ3v) is 3.36. The van der Waals surface area contributed by atoms with Crippen LogP contribution in [0.4, 0.5) is 0 Å². The predicted molar refractivity (Wildman–Crippen MR) is 60.9 cm³/mol. The highest BCUT2D eigenvalue weighted by Crippen LogP contribution is 2.44. The first-order valence-electron chi connectivity index (χ1n) is 5.97. The van der Waals surface area contributed by atoms with E-state index in [0.717, 1.165) is 0 Å². The van der Waals surface area contributed by atoms with Crippen molar-refractivity contribution in [3.8, 4) is 0 Å². The molecule has 0 bridgehead atoms. The molecular weight excluding hydrogens is 202 g/mol. The van der Waals surface area contributed by atoms with E-state index in [1.165, 1.54) is 37.1 Å². The van der Waals surface area contributed by atoms with E-state index >= 15 is 0 Å². The van der Waals surface area contributed by atoms with Crippen LogP contribution in [0, 0.1) is 5.41 Å². The Morgan fingerprint density at radius 1 is 1.44 bits per heavy atom. The van der Waals surface area contributed by atoms with Gasteiger partial charge in [0.15, 0.2) is 0 Å². The zero-order chi connectivity index (χ0) is 11.1. The Kier molecular flexibility index (Phi) is 2.23. The average Bonchev–Trinajstić information content (AvgIpc) is 3.17. The molecule has 2 fully saturated rings. The van der Waals surface area contributed by atoms with E-state index < -0.39 is 0 Å². The molecule has 0 unspecified atom stereocenters. The molecule has 16 heavy (non-hydrogen) atoms. The van der Waals surface area contributed by atoms with Gasteiger partial charge in [0.05, 0.1) is 12.8 Å². The summed E-state index contributed by atoms with van der Waals surface area (Å²) in [7, 11) is 1.55. The highest BCUT2D eigenvalue weighted by molar-refractivity contribution is 5.72. The standard InChI is InChI=1S/C12H17N3O/c1-16-12(13)7-15-11(9-4-5-9)6-10(14-15)8-2-3-8/h6,8-9,13H,2-5,7H2,1H3. The van der Waals surface area contributed by atoms with E-state index in [1.54, 1.807) is 7.11 Å². The van der Waals surface area contributed by atoms with Gasteiger partial charge >= 0.3 is 0 Å². The van der Waals surface area contributed by atoms with E-state index in [9.17, 15) is 0 Å². The fourth-order valence-corrected chi connectivity index (χ4v) is 2.07.